The first kappa shape index (κ1) is 21.6. The van der Waals surface area contributed by atoms with Gasteiger partial charge in [-0.1, -0.05) is 6.42 Å². The Morgan fingerprint density at radius 3 is 1.72 bits per heavy atom. The van der Waals surface area contributed by atoms with Crippen LogP contribution in [0.3, 0.4) is 0 Å². The molecule has 0 saturated heterocycles. The van der Waals surface area contributed by atoms with Crippen LogP contribution >= 0.6 is 0 Å². The lowest BCUT2D eigenvalue weighted by Crippen LogP contribution is -2.44. The maximum absolute atomic E-state index is 14.2. The molecule has 0 bridgehead atoms. The molecule has 0 aromatic heterocycles. The predicted molar refractivity (Wildman–Crippen MR) is 87.7 cm³/mol. The molecule has 1 fully saturated rings. The molecule has 0 radical (unpaired) electrons. The van der Waals surface area contributed by atoms with E-state index >= 15 is 0 Å². The van der Waals surface area contributed by atoms with Crippen LogP contribution in [-0.2, 0) is 16.6 Å². The first-order valence-corrected chi connectivity index (χ1v) is 9.88. The largest absolute Gasteiger partial charge is 0.249 e. The summed E-state index contributed by atoms with van der Waals surface area (Å²) >= 11 is 0. The van der Waals surface area contributed by atoms with E-state index in [0.717, 1.165) is 12.1 Å². The average Bonchev–Trinajstić information content (AvgIpc) is 2.58. The van der Waals surface area contributed by atoms with Gasteiger partial charge in [-0.3, -0.25) is 0 Å². The van der Waals surface area contributed by atoms with E-state index in [2.05, 4.69) is 0 Å². The Morgan fingerprint density at radius 2 is 1.31 bits per heavy atom. The number of hydrogen-bond donors (Lipinski definition) is 0. The number of benzene rings is 2. The van der Waals surface area contributed by atoms with E-state index in [0.29, 0.717) is 10.7 Å². The van der Waals surface area contributed by atoms with Crippen molar-refractivity contribution in [2.45, 2.75) is 43.7 Å². The van der Waals surface area contributed by atoms with Crippen molar-refractivity contribution in [1.82, 2.24) is 4.31 Å². The van der Waals surface area contributed by atoms with Gasteiger partial charge in [-0.2, -0.15) is 4.31 Å². The summed E-state index contributed by atoms with van der Waals surface area (Å²) in [4.78, 5) is -2.05. The number of nitrogens with zero attached hydrogens (tertiary/aromatic N) is 1. The predicted octanol–water partition coefficient (Wildman–Crippen LogP) is 4.71. The van der Waals surface area contributed by atoms with Gasteiger partial charge < -0.3 is 0 Å². The Balaban J connectivity index is 2.16. The van der Waals surface area contributed by atoms with Crippen molar-refractivity contribution in [2.24, 2.45) is 0 Å². The molecule has 2 aromatic carbocycles. The van der Waals surface area contributed by atoms with E-state index in [4.69, 9.17) is 0 Å². The molecule has 2 aromatic rings. The van der Waals surface area contributed by atoms with Crippen molar-refractivity contribution in [3.05, 3.63) is 64.0 Å². The van der Waals surface area contributed by atoms with Crippen molar-refractivity contribution in [1.29, 1.82) is 0 Å². The van der Waals surface area contributed by atoms with E-state index < -0.39 is 73.8 Å². The van der Waals surface area contributed by atoms with Gasteiger partial charge in [-0.15, -0.1) is 0 Å². The highest BCUT2D eigenvalue weighted by molar-refractivity contribution is 7.89. The summed E-state index contributed by atoms with van der Waals surface area (Å²) in [7, 11) is -5.32. The topological polar surface area (TPSA) is 37.4 Å². The summed E-state index contributed by atoms with van der Waals surface area (Å²) in [6.45, 7) is 0.426. The summed E-state index contributed by atoms with van der Waals surface area (Å²) in [5.74, 6) is -14.6. The monoisotopic (exact) mass is 441 g/mol. The molecule has 0 spiro atoms. The first-order valence-electron chi connectivity index (χ1n) is 8.44. The summed E-state index contributed by atoms with van der Waals surface area (Å²) in [5, 5.41) is 0. The van der Waals surface area contributed by atoms with Crippen molar-refractivity contribution >= 4 is 10.0 Å². The lowest BCUT2D eigenvalue weighted by atomic mass is 9.93. The highest BCUT2D eigenvalue weighted by Crippen LogP contribution is 2.36. The van der Waals surface area contributed by atoms with Gasteiger partial charge in [0.1, 0.15) is 11.6 Å². The van der Waals surface area contributed by atoms with Crippen LogP contribution in [0, 0.1) is 47.6 Å². The third-order valence-corrected chi connectivity index (χ3v) is 6.74. The zero-order valence-electron chi connectivity index (χ0n) is 14.9. The molecule has 0 aliphatic heterocycles. The SMILES string of the molecule is Cc1cc(F)c(CN(C2CCC2)S(=O)(=O)c2c(F)c(F)c(F)c(F)c2F)c(F)c1. The molecule has 0 heterocycles. The molecular weight excluding hydrogens is 427 g/mol. The van der Waals surface area contributed by atoms with Gasteiger partial charge in [0.2, 0.25) is 15.8 Å². The van der Waals surface area contributed by atoms with Gasteiger partial charge >= 0.3 is 0 Å². The molecule has 0 atom stereocenters. The number of aryl methyl sites for hydroxylation is 1. The highest BCUT2D eigenvalue weighted by atomic mass is 32.2. The van der Waals surface area contributed by atoms with E-state index in [1.807, 2.05) is 0 Å². The van der Waals surface area contributed by atoms with Gasteiger partial charge in [0, 0.05) is 18.2 Å². The van der Waals surface area contributed by atoms with Crippen molar-refractivity contribution in [2.75, 3.05) is 0 Å². The number of hydrogen-bond acceptors (Lipinski definition) is 2. The van der Waals surface area contributed by atoms with Crippen LogP contribution in [0.5, 0.6) is 0 Å². The maximum Gasteiger partial charge on any atom is 0.249 e. The number of halogens is 7. The van der Waals surface area contributed by atoms with E-state index in [-0.39, 0.29) is 18.4 Å². The molecule has 1 aliphatic carbocycles. The second kappa shape index (κ2) is 7.60. The third kappa shape index (κ3) is 3.61. The normalized spacial score (nSPS) is 15.1. The molecule has 3 rings (SSSR count). The minimum atomic E-state index is -5.32. The molecule has 1 saturated carbocycles. The summed E-state index contributed by atoms with van der Waals surface area (Å²) in [5.41, 5.74) is -0.489. The zero-order chi connectivity index (χ0) is 21.7. The van der Waals surface area contributed by atoms with Crippen molar-refractivity contribution < 1.29 is 39.2 Å². The van der Waals surface area contributed by atoms with Crippen molar-refractivity contribution in [3.8, 4) is 0 Å². The summed E-state index contributed by atoms with van der Waals surface area (Å²) in [6, 6.07) is 0.959. The highest BCUT2D eigenvalue weighted by Gasteiger charge is 2.42. The fourth-order valence-corrected chi connectivity index (χ4v) is 4.82. The summed E-state index contributed by atoms with van der Waals surface area (Å²) in [6.07, 6.45) is 0.917. The average molecular weight is 441 g/mol. The minimum absolute atomic E-state index is 0.198. The Labute approximate surface area is 161 Å². The van der Waals surface area contributed by atoms with Gasteiger partial charge in [0.05, 0.1) is 0 Å². The minimum Gasteiger partial charge on any atom is -0.207 e. The van der Waals surface area contributed by atoms with Crippen LogP contribution in [0.25, 0.3) is 0 Å². The molecule has 0 N–H and O–H groups in total. The fourth-order valence-electron chi connectivity index (χ4n) is 3.05. The molecule has 11 heteroatoms. The molecule has 3 nitrogen and oxygen atoms in total. The fraction of sp³-hybridized carbons (Fsp3) is 0.333. The van der Waals surface area contributed by atoms with Crippen LogP contribution in [0.1, 0.15) is 30.4 Å². The van der Waals surface area contributed by atoms with E-state index in [1.165, 1.54) is 6.92 Å². The van der Waals surface area contributed by atoms with Crippen LogP contribution < -0.4 is 0 Å². The van der Waals surface area contributed by atoms with Crippen LogP contribution in [0.4, 0.5) is 30.7 Å². The van der Waals surface area contributed by atoms with Gasteiger partial charge in [0.15, 0.2) is 28.2 Å². The second-order valence-corrected chi connectivity index (χ2v) is 8.57. The Kier molecular flexibility index (Phi) is 5.65. The summed E-state index contributed by atoms with van der Waals surface area (Å²) < 4.78 is 123. The van der Waals surface area contributed by atoms with Crippen molar-refractivity contribution in [3.63, 3.8) is 0 Å². The molecule has 0 amide bonds. The maximum atomic E-state index is 14.2. The second-order valence-electron chi connectivity index (χ2n) is 6.74. The van der Waals surface area contributed by atoms with Crippen LogP contribution in [0.2, 0.25) is 0 Å². The zero-order valence-corrected chi connectivity index (χ0v) is 15.7. The third-order valence-electron chi connectivity index (χ3n) is 4.82. The number of rotatable bonds is 5. The lowest BCUT2D eigenvalue weighted by molar-refractivity contribution is 0.208. The Morgan fingerprint density at radius 1 is 0.862 bits per heavy atom. The quantitative estimate of drug-likeness (QED) is 0.383. The smallest absolute Gasteiger partial charge is 0.207 e. The molecule has 0 unspecified atom stereocenters. The number of sulfonamides is 1. The van der Waals surface area contributed by atoms with E-state index in [1.54, 1.807) is 0 Å². The van der Waals surface area contributed by atoms with Crippen LogP contribution in [-0.4, -0.2) is 18.8 Å². The molecular formula is C18H14F7NO2S. The van der Waals surface area contributed by atoms with Gasteiger partial charge in [-0.25, -0.2) is 39.2 Å². The van der Waals surface area contributed by atoms with Gasteiger partial charge in [0.25, 0.3) is 0 Å². The first-order chi connectivity index (χ1) is 13.5. The Hall–Kier alpha value is -2.14. The van der Waals surface area contributed by atoms with Crippen LogP contribution in [0.15, 0.2) is 17.0 Å². The Bertz CT molecular complexity index is 1030. The van der Waals surface area contributed by atoms with Gasteiger partial charge in [-0.05, 0) is 37.5 Å². The molecule has 29 heavy (non-hydrogen) atoms. The standard InChI is InChI=1S/C18H14F7NO2S/c1-8-5-11(19)10(12(20)6-8)7-26(9-3-2-4-9)29(27,28)18-16(24)14(22)13(21)15(23)17(18)25/h5-6,9H,2-4,7H2,1H3. The molecule has 158 valence electrons. The lowest BCUT2D eigenvalue weighted by Gasteiger charge is -2.36. The van der Waals surface area contributed by atoms with E-state index in [9.17, 15) is 39.2 Å². The molecule has 1 aliphatic rings.